The fourth-order valence-corrected chi connectivity index (χ4v) is 3.08. The van der Waals surface area contributed by atoms with Crippen molar-refractivity contribution < 1.29 is 13.3 Å². The van der Waals surface area contributed by atoms with E-state index in [9.17, 15) is 0 Å². The van der Waals surface area contributed by atoms with Crippen molar-refractivity contribution in [2.24, 2.45) is 5.73 Å². The fraction of sp³-hybridized carbons (Fsp3) is 0.500. The Morgan fingerprint density at radius 2 is 1.50 bits per heavy atom. The van der Waals surface area contributed by atoms with Crippen molar-refractivity contribution in [3.8, 4) is 0 Å². The van der Waals surface area contributed by atoms with Gasteiger partial charge in [0.15, 0.2) is 0 Å². The third-order valence-electron chi connectivity index (χ3n) is 2.42. The first-order valence-corrected chi connectivity index (χ1v) is 7.73. The zero-order valence-electron chi connectivity index (χ0n) is 11.4. The van der Waals surface area contributed by atoms with E-state index in [0.29, 0.717) is 6.54 Å². The maximum Gasteiger partial charge on any atom is 0.500 e. The summed E-state index contributed by atoms with van der Waals surface area (Å²) in [5.41, 5.74) is 11.5. The van der Waals surface area contributed by atoms with E-state index in [1.54, 1.807) is 21.3 Å². The van der Waals surface area contributed by atoms with E-state index in [2.05, 4.69) is 0 Å². The van der Waals surface area contributed by atoms with Crippen molar-refractivity contribution in [3.05, 3.63) is 30.3 Å². The van der Waals surface area contributed by atoms with E-state index in [1.807, 2.05) is 30.3 Å². The summed E-state index contributed by atoms with van der Waals surface area (Å²) < 4.78 is 15.5. The molecule has 0 bridgehead atoms. The van der Waals surface area contributed by atoms with Crippen LogP contribution in [0.3, 0.4) is 0 Å². The number of nitrogens with two attached hydrogens (primary N) is 2. The largest absolute Gasteiger partial charge is 0.500 e. The maximum absolute atomic E-state index is 5.36. The van der Waals surface area contributed by atoms with Crippen LogP contribution in [0.5, 0.6) is 0 Å². The van der Waals surface area contributed by atoms with E-state index in [0.717, 1.165) is 18.2 Å². The number of benzene rings is 1. The lowest BCUT2D eigenvalue weighted by Crippen LogP contribution is -2.42. The summed E-state index contributed by atoms with van der Waals surface area (Å²) in [5.74, 6) is 0. The van der Waals surface area contributed by atoms with Crippen molar-refractivity contribution in [3.63, 3.8) is 0 Å². The van der Waals surface area contributed by atoms with Gasteiger partial charge in [-0.3, -0.25) is 0 Å². The van der Waals surface area contributed by atoms with E-state index in [4.69, 9.17) is 24.7 Å². The molecule has 6 heteroatoms. The van der Waals surface area contributed by atoms with Crippen LogP contribution in [0.15, 0.2) is 30.3 Å². The van der Waals surface area contributed by atoms with Gasteiger partial charge in [-0.2, -0.15) is 0 Å². The molecule has 1 aromatic carbocycles. The second kappa shape index (κ2) is 10.0. The summed E-state index contributed by atoms with van der Waals surface area (Å²) in [6.07, 6.45) is 0.877. The first-order chi connectivity index (χ1) is 8.64. The van der Waals surface area contributed by atoms with Crippen LogP contribution in [-0.4, -0.2) is 36.7 Å². The Morgan fingerprint density at radius 3 is 1.78 bits per heavy atom. The number of hydrogen-bond donors (Lipinski definition) is 2. The summed E-state index contributed by atoms with van der Waals surface area (Å²) >= 11 is 0. The summed E-state index contributed by atoms with van der Waals surface area (Å²) in [6.45, 7) is 0.644. The second-order valence-electron chi connectivity index (χ2n) is 3.60. The Morgan fingerprint density at radius 1 is 1.00 bits per heavy atom. The summed E-state index contributed by atoms with van der Waals surface area (Å²) in [4.78, 5) is 0. The standard InChI is InChI=1S/C6H17NO3Si.C6H7N/c1-8-11(9-2,10-3)6-4-5-7;7-6-4-2-1-3-5-6/h4-7H2,1-3H3;1-5H,7H2. The van der Waals surface area contributed by atoms with Gasteiger partial charge in [-0.05, 0) is 25.1 Å². The average molecular weight is 272 g/mol. The number of nitrogen functional groups attached to an aromatic ring is 1. The van der Waals surface area contributed by atoms with E-state index in [-0.39, 0.29) is 0 Å². The third-order valence-corrected chi connectivity index (χ3v) is 5.25. The highest BCUT2D eigenvalue weighted by atomic mass is 28.4. The highest BCUT2D eigenvalue weighted by molar-refractivity contribution is 6.60. The number of anilines is 1. The van der Waals surface area contributed by atoms with Gasteiger partial charge in [0.05, 0.1) is 0 Å². The predicted octanol–water partition coefficient (Wildman–Crippen LogP) is 1.48. The summed E-state index contributed by atoms with van der Waals surface area (Å²) in [5, 5.41) is 0. The molecule has 18 heavy (non-hydrogen) atoms. The molecule has 0 heterocycles. The van der Waals surface area contributed by atoms with Gasteiger partial charge < -0.3 is 24.7 Å². The van der Waals surface area contributed by atoms with Gasteiger partial charge in [-0.15, -0.1) is 0 Å². The Kier molecular flexibility index (Phi) is 9.53. The van der Waals surface area contributed by atoms with Crippen LogP contribution in [0.1, 0.15) is 6.42 Å². The smallest absolute Gasteiger partial charge is 0.399 e. The normalized spacial score (nSPS) is 10.7. The van der Waals surface area contributed by atoms with E-state index in [1.165, 1.54) is 0 Å². The molecule has 1 aromatic rings. The van der Waals surface area contributed by atoms with Gasteiger partial charge in [0, 0.05) is 33.1 Å². The molecular weight excluding hydrogens is 248 g/mol. The molecule has 0 fully saturated rings. The fourth-order valence-electron chi connectivity index (χ4n) is 1.33. The van der Waals surface area contributed by atoms with Crippen molar-refractivity contribution in [2.45, 2.75) is 12.5 Å². The molecule has 0 aromatic heterocycles. The first kappa shape index (κ1) is 17.1. The highest BCUT2D eigenvalue weighted by Crippen LogP contribution is 2.13. The molecule has 0 saturated heterocycles. The van der Waals surface area contributed by atoms with Crippen LogP contribution in [0.2, 0.25) is 6.04 Å². The molecule has 104 valence electrons. The van der Waals surface area contributed by atoms with Gasteiger partial charge in [0.2, 0.25) is 0 Å². The average Bonchev–Trinajstić information content (AvgIpc) is 2.43. The van der Waals surface area contributed by atoms with Crippen molar-refractivity contribution in [1.29, 1.82) is 0 Å². The molecule has 0 amide bonds. The zero-order valence-corrected chi connectivity index (χ0v) is 12.4. The first-order valence-electron chi connectivity index (χ1n) is 5.80. The Balaban J connectivity index is 0.000000351. The Bertz CT molecular complexity index is 286. The third kappa shape index (κ3) is 6.73. The molecule has 0 saturated carbocycles. The van der Waals surface area contributed by atoms with Gasteiger partial charge in [-0.25, -0.2) is 0 Å². The molecular formula is C12H24N2O3Si. The Labute approximate surface area is 110 Å². The lowest BCUT2D eigenvalue weighted by atomic mass is 10.3. The van der Waals surface area contributed by atoms with Crippen molar-refractivity contribution in [2.75, 3.05) is 33.6 Å². The molecule has 4 N–H and O–H groups in total. The molecule has 0 aliphatic rings. The van der Waals surface area contributed by atoms with Crippen LogP contribution in [0, 0.1) is 0 Å². The van der Waals surface area contributed by atoms with Gasteiger partial charge >= 0.3 is 8.80 Å². The van der Waals surface area contributed by atoms with Gasteiger partial charge in [-0.1, -0.05) is 18.2 Å². The van der Waals surface area contributed by atoms with Crippen LogP contribution >= 0.6 is 0 Å². The van der Waals surface area contributed by atoms with Gasteiger partial charge in [0.1, 0.15) is 0 Å². The van der Waals surface area contributed by atoms with Crippen LogP contribution < -0.4 is 11.5 Å². The van der Waals surface area contributed by atoms with E-state index >= 15 is 0 Å². The van der Waals surface area contributed by atoms with Crippen molar-refractivity contribution >= 4 is 14.5 Å². The topological polar surface area (TPSA) is 79.7 Å². The minimum atomic E-state index is -2.32. The SMILES string of the molecule is CO[Si](CCCN)(OC)OC.Nc1ccccc1. The Hall–Kier alpha value is -0.923. The lowest BCUT2D eigenvalue weighted by Gasteiger charge is -2.23. The molecule has 0 spiro atoms. The molecule has 5 nitrogen and oxygen atoms in total. The molecule has 0 aliphatic carbocycles. The molecule has 0 atom stereocenters. The number of hydrogen-bond acceptors (Lipinski definition) is 5. The summed E-state index contributed by atoms with van der Waals surface area (Å²) in [6, 6.07) is 10.3. The van der Waals surface area contributed by atoms with Crippen LogP contribution in [0.4, 0.5) is 5.69 Å². The quantitative estimate of drug-likeness (QED) is 0.606. The van der Waals surface area contributed by atoms with E-state index < -0.39 is 8.80 Å². The molecule has 0 unspecified atom stereocenters. The highest BCUT2D eigenvalue weighted by Gasteiger charge is 2.36. The molecule has 1 rings (SSSR count). The minimum absolute atomic E-state index is 0.644. The van der Waals surface area contributed by atoms with Crippen LogP contribution in [-0.2, 0) is 13.3 Å². The summed E-state index contributed by atoms with van der Waals surface area (Å²) in [7, 11) is 2.50. The zero-order chi connectivity index (χ0) is 13.9. The molecule has 0 radical (unpaired) electrons. The molecule has 0 aliphatic heterocycles. The second-order valence-corrected chi connectivity index (χ2v) is 6.69. The lowest BCUT2D eigenvalue weighted by molar-refractivity contribution is 0.123. The monoisotopic (exact) mass is 272 g/mol. The number of para-hydroxylation sites is 1. The maximum atomic E-state index is 5.36. The van der Waals surface area contributed by atoms with Gasteiger partial charge in [0.25, 0.3) is 0 Å². The number of rotatable bonds is 6. The van der Waals surface area contributed by atoms with Crippen LogP contribution in [0.25, 0.3) is 0 Å². The minimum Gasteiger partial charge on any atom is -0.399 e. The predicted molar refractivity (Wildman–Crippen MR) is 76.1 cm³/mol. The van der Waals surface area contributed by atoms with Crippen molar-refractivity contribution in [1.82, 2.24) is 0 Å².